The summed E-state index contributed by atoms with van der Waals surface area (Å²) in [5.74, 6) is -0.825. The summed E-state index contributed by atoms with van der Waals surface area (Å²) < 4.78 is 5.71. The summed E-state index contributed by atoms with van der Waals surface area (Å²) in [5.41, 5.74) is 0. The van der Waals surface area contributed by atoms with E-state index in [0.717, 1.165) is 36.3 Å². The van der Waals surface area contributed by atoms with E-state index in [9.17, 15) is 9.90 Å². The highest BCUT2D eigenvalue weighted by atomic mass is 16.6. The second-order valence-electron chi connectivity index (χ2n) is 6.57. The van der Waals surface area contributed by atoms with Crippen LogP contribution in [-0.4, -0.2) is 16.7 Å². The lowest BCUT2D eigenvalue weighted by Gasteiger charge is -2.26. The molecule has 1 aromatic carbocycles. The highest BCUT2D eigenvalue weighted by Gasteiger charge is 2.26. The fraction of sp³-hybridized carbons (Fsp3) is 0.500. The number of hydrogen-bond donors (Lipinski definition) is 1. The Labute approximate surface area is 143 Å². The molecule has 1 aliphatic rings. The van der Waals surface area contributed by atoms with Crippen LogP contribution < -0.4 is 10.6 Å². The molecule has 0 amide bonds. The molecule has 0 spiro atoms. The van der Waals surface area contributed by atoms with Gasteiger partial charge in [-0.25, -0.2) is 0 Å². The van der Waals surface area contributed by atoms with E-state index >= 15 is 0 Å². The zero-order valence-corrected chi connectivity index (χ0v) is 14.6. The van der Waals surface area contributed by atoms with Gasteiger partial charge < -0.3 is 9.84 Å². The molecule has 1 aliphatic heterocycles. The lowest BCUT2D eigenvalue weighted by Crippen LogP contribution is -2.32. The Bertz CT molecular complexity index is 695. The maximum atomic E-state index is 11.2. The Morgan fingerprint density at radius 1 is 1.33 bits per heavy atom. The average molecular weight is 329 g/mol. The van der Waals surface area contributed by atoms with E-state index in [-0.39, 0.29) is 11.7 Å². The van der Waals surface area contributed by atoms with Crippen LogP contribution in [-0.2, 0) is 9.53 Å². The number of benzene rings is 1. The van der Waals surface area contributed by atoms with Gasteiger partial charge in [-0.05, 0) is 31.9 Å². The first kappa shape index (κ1) is 18.4. The van der Waals surface area contributed by atoms with E-state index in [1.807, 2.05) is 37.3 Å². The van der Waals surface area contributed by atoms with Crippen molar-refractivity contribution in [1.29, 1.82) is 0 Å². The Morgan fingerprint density at radius 3 is 2.92 bits per heavy atom. The maximum Gasteiger partial charge on any atom is 0.210 e. The van der Waals surface area contributed by atoms with Gasteiger partial charge in [0.1, 0.15) is 5.78 Å². The molecule has 0 aromatic heterocycles. The van der Waals surface area contributed by atoms with Gasteiger partial charge in [0, 0.05) is 30.2 Å². The molecule has 0 radical (unpaired) electrons. The SMILES string of the molecule is CC(=O)C(C)CCCCCC1(O)CC=CN=c2ccccc2=CO1. The fourth-order valence-corrected chi connectivity index (χ4v) is 2.69. The molecule has 130 valence electrons. The van der Waals surface area contributed by atoms with Gasteiger partial charge in [-0.15, -0.1) is 0 Å². The second kappa shape index (κ2) is 8.78. The summed E-state index contributed by atoms with van der Waals surface area (Å²) in [7, 11) is 0. The molecule has 0 fully saturated rings. The van der Waals surface area contributed by atoms with Gasteiger partial charge in [-0.1, -0.05) is 38.0 Å². The zero-order chi connectivity index (χ0) is 17.4. The van der Waals surface area contributed by atoms with Gasteiger partial charge in [-0.3, -0.25) is 9.79 Å². The molecule has 24 heavy (non-hydrogen) atoms. The Balaban J connectivity index is 1.90. The van der Waals surface area contributed by atoms with Crippen molar-refractivity contribution in [3.05, 3.63) is 47.1 Å². The fourth-order valence-electron chi connectivity index (χ4n) is 2.69. The molecule has 4 heteroatoms. The Morgan fingerprint density at radius 2 is 2.12 bits per heavy atom. The molecule has 0 saturated carbocycles. The van der Waals surface area contributed by atoms with Crippen molar-refractivity contribution in [2.24, 2.45) is 10.9 Å². The van der Waals surface area contributed by atoms with Gasteiger partial charge >= 0.3 is 0 Å². The average Bonchev–Trinajstić information content (AvgIpc) is 2.64. The van der Waals surface area contributed by atoms with E-state index in [1.165, 1.54) is 0 Å². The molecule has 0 bridgehead atoms. The van der Waals surface area contributed by atoms with Crippen molar-refractivity contribution in [2.75, 3.05) is 0 Å². The first-order valence-electron chi connectivity index (χ1n) is 8.69. The molecule has 0 saturated heterocycles. The Kier molecular flexibility index (Phi) is 6.73. The first-order chi connectivity index (χ1) is 11.5. The number of carbonyl (C=O) groups excluding carboxylic acids is 1. The minimum atomic E-state index is -1.20. The first-order valence-corrected chi connectivity index (χ1v) is 8.69. The summed E-state index contributed by atoms with van der Waals surface area (Å²) >= 11 is 0. The third-order valence-corrected chi connectivity index (χ3v) is 4.50. The smallest absolute Gasteiger partial charge is 0.210 e. The third kappa shape index (κ3) is 5.60. The van der Waals surface area contributed by atoms with Crippen LogP contribution >= 0.6 is 0 Å². The molecule has 4 nitrogen and oxygen atoms in total. The van der Waals surface area contributed by atoms with Gasteiger partial charge in [0.15, 0.2) is 0 Å². The van der Waals surface area contributed by atoms with Crippen molar-refractivity contribution in [3.8, 4) is 0 Å². The molecule has 2 rings (SSSR count). The summed E-state index contributed by atoms with van der Waals surface area (Å²) in [6, 6.07) is 7.68. The van der Waals surface area contributed by atoms with Crippen LogP contribution in [0.2, 0.25) is 0 Å². The highest BCUT2D eigenvalue weighted by molar-refractivity contribution is 5.77. The highest BCUT2D eigenvalue weighted by Crippen LogP contribution is 2.23. The number of ether oxygens (including phenoxy) is 1. The normalized spacial score (nSPS) is 21.1. The van der Waals surface area contributed by atoms with E-state index in [1.54, 1.807) is 19.4 Å². The molecular weight excluding hydrogens is 302 g/mol. The number of unbranched alkanes of at least 4 members (excludes halogenated alkanes) is 2. The van der Waals surface area contributed by atoms with Crippen LogP contribution in [0.5, 0.6) is 0 Å². The zero-order valence-electron chi connectivity index (χ0n) is 14.6. The topological polar surface area (TPSA) is 58.9 Å². The number of hydrogen-bond acceptors (Lipinski definition) is 4. The summed E-state index contributed by atoms with van der Waals surface area (Å²) in [6.07, 6.45) is 9.88. The van der Waals surface area contributed by atoms with Gasteiger partial charge in [-0.2, -0.15) is 0 Å². The van der Waals surface area contributed by atoms with E-state index in [0.29, 0.717) is 12.8 Å². The summed E-state index contributed by atoms with van der Waals surface area (Å²) in [4.78, 5) is 15.6. The van der Waals surface area contributed by atoms with Gasteiger partial charge in [0.2, 0.25) is 5.79 Å². The standard InChI is InChI=1S/C20H27NO3/c1-16(17(2)22)9-4-3-7-12-20(23)13-8-14-21-19-11-6-5-10-18(19)15-24-20/h5-6,8,10-11,14-16,23H,3-4,7,9,12-13H2,1-2H3. The van der Waals surface area contributed by atoms with Crippen LogP contribution in [0.4, 0.5) is 0 Å². The molecular formula is C20H27NO3. The van der Waals surface area contributed by atoms with Crippen LogP contribution in [0.1, 0.15) is 52.4 Å². The number of aliphatic hydroxyl groups is 1. The summed E-state index contributed by atoms with van der Waals surface area (Å²) in [5, 5.41) is 12.4. The lowest BCUT2D eigenvalue weighted by atomic mass is 9.97. The largest absolute Gasteiger partial charge is 0.469 e. The van der Waals surface area contributed by atoms with Crippen LogP contribution in [0, 0.1) is 5.92 Å². The van der Waals surface area contributed by atoms with Crippen molar-refractivity contribution < 1.29 is 14.6 Å². The van der Waals surface area contributed by atoms with Crippen LogP contribution in [0.15, 0.2) is 41.5 Å². The lowest BCUT2D eigenvalue weighted by molar-refractivity contribution is -0.155. The monoisotopic (exact) mass is 329 g/mol. The minimum absolute atomic E-state index is 0.128. The van der Waals surface area contributed by atoms with Crippen molar-refractivity contribution in [1.82, 2.24) is 0 Å². The molecule has 1 N–H and O–H groups in total. The number of nitrogens with zero attached hydrogens (tertiary/aromatic N) is 1. The van der Waals surface area contributed by atoms with Crippen molar-refractivity contribution in [3.63, 3.8) is 0 Å². The molecule has 0 aliphatic carbocycles. The van der Waals surface area contributed by atoms with Crippen molar-refractivity contribution in [2.45, 2.75) is 58.2 Å². The van der Waals surface area contributed by atoms with Gasteiger partial charge in [0.25, 0.3) is 0 Å². The van der Waals surface area contributed by atoms with E-state index < -0.39 is 5.79 Å². The predicted octanol–water partition coefficient (Wildman–Crippen LogP) is 2.84. The van der Waals surface area contributed by atoms with Crippen LogP contribution in [0.3, 0.4) is 0 Å². The van der Waals surface area contributed by atoms with Gasteiger partial charge in [0.05, 0.1) is 11.6 Å². The van der Waals surface area contributed by atoms with Crippen LogP contribution in [0.25, 0.3) is 6.26 Å². The van der Waals surface area contributed by atoms with Crippen molar-refractivity contribution >= 4 is 12.0 Å². The second-order valence-corrected chi connectivity index (χ2v) is 6.57. The number of ketones is 1. The molecule has 2 unspecified atom stereocenters. The maximum absolute atomic E-state index is 11.2. The number of carbonyl (C=O) groups is 1. The predicted molar refractivity (Wildman–Crippen MR) is 94.4 cm³/mol. The number of Topliss-reactive ketones (excluding diaryl/α,β-unsaturated/α-hetero) is 1. The van der Waals surface area contributed by atoms with E-state index in [2.05, 4.69) is 4.99 Å². The van der Waals surface area contributed by atoms with E-state index in [4.69, 9.17) is 4.74 Å². The number of para-hydroxylation sites is 1. The number of rotatable bonds is 7. The summed E-state index contributed by atoms with van der Waals surface area (Å²) in [6.45, 7) is 3.61. The number of fused-ring (bicyclic) bond motifs is 1. The molecule has 1 aromatic rings. The Hall–Kier alpha value is -1.94. The molecule has 1 heterocycles. The quantitative estimate of drug-likeness (QED) is 0.783. The minimum Gasteiger partial charge on any atom is -0.469 e. The molecule has 2 atom stereocenters. The third-order valence-electron chi connectivity index (χ3n) is 4.50.